The van der Waals surface area contributed by atoms with Crippen LogP contribution in [0.1, 0.15) is 44.6 Å². The first-order valence-electron chi connectivity index (χ1n) is 8.95. The number of anilines is 1. The lowest BCUT2D eigenvalue weighted by atomic mass is 9.93. The van der Waals surface area contributed by atoms with Crippen molar-refractivity contribution in [2.45, 2.75) is 51.6 Å². The molecule has 0 aromatic heterocycles. The lowest BCUT2D eigenvalue weighted by Gasteiger charge is -2.37. The van der Waals surface area contributed by atoms with E-state index < -0.39 is 0 Å². The first kappa shape index (κ1) is 15.8. The van der Waals surface area contributed by atoms with E-state index in [1.165, 1.54) is 56.4 Å². The minimum absolute atomic E-state index is 0.330. The molecule has 0 radical (unpaired) electrons. The maximum atomic E-state index is 9.41. The van der Waals surface area contributed by atoms with Gasteiger partial charge >= 0.3 is 0 Å². The molecule has 2 aliphatic heterocycles. The first-order valence-corrected chi connectivity index (χ1v) is 8.95. The predicted molar refractivity (Wildman–Crippen MR) is 92.2 cm³/mol. The highest BCUT2D eigenvalue weighted by atomic mass is 16.3. The number of aliphatic hydroxyl groups is 1. The van der Waals surface area contributed by atoms with Crippen LogP contribution < -0.4 is 4.90 Å². The number of benzene rings is 1. The van der Waals surface area contributed by atoms with E-state index in [4.69, 9.17) is 0 Å². The smallest absolute Gasteiger partial charge is 0.0471 e. The Morgan fingerprint density at radius 1 is 1.05 bits per heavy atom. The molecule has 3 rings (SSSR count). The fourth-order valence-electron chi connectivity index (χ4n) is 3.83. The monoisotopic (exact) mass is 302 g/mol. The molecule has 2 unspecified atom stereocenters. The van der Waals surface area contributed by atoms with Crippen molar-refractivity contribution in [3.05, 3.63) is 29.8 Å². The molecular formula is C19H30N2O. The molecule has 3 heteroatoms. The van der Waals surface area contributed by atoms with Crippen LogP contribution in [0.15, 0.2) is 24.3 Å². The zero-order valence-electron chi connectivity index (χ0n) is 13.9. The number of rotatable bonds is 4. The molecule has 0 spiro atoms. The average molecular weight is 302 g/mol. The van der Waals surface area contributed by atoms with Gasteiger partial charge in [-0.15, -0.1) is 0 Å². The third-order valence-corrected chi connectivity index (χ3v) is 5.41. The fraction of sp³-hybridized carbons (Fsp3) is 0.684. The van der Waals surface area contributed by atoms with Crippen molar-refractivity contribution in [1.29, 1.82) is 0 Å². The van der Waals surface area contributed by atoms with Crippen molar-refractivity contribution < 1.29 is 5.11 Å². The van der Waals surface area contributed by atoms with Gasteiger partial charge in [-0.25, -0.2) is 0 Å². The zero-order chi connectivity index (χ0) is 15.4. The van der Waals surface area contributed by atoms with Gasteiger partial charge in [-0.05, 0) is 62.6 Å². The van der Waals surface area contributed by atoms with Gasteiger partial charge in [0.15, 0.2) is 0 Å². The minimum atomic E-state index is 0.330. The van der Waals surface area contributed by atoms with Gasteiger partial charge in [0.05, 0.1) is 0 Å². The Hall–Kier alpha value is -1.06. The molecule has 0 bridgehead atoms. The summed E-state index contributed by atoms with van der Waals surface area (Å²) >= 11 is 0. The largest absolute Gasteiger partial charge is 0.396 e. The summed E-state index contributed by atoms with van der Waals surface area (Å²) in [7, 11) is 0. The van der Waals surface area contributed by atoms with Gasteiger partial charge in [0, 0.05) is 44.5 Å². The molecule has 2 heterocycles. The Bertz CT molecular complexity index is 453. The van der Waals surface area contributed by atoms with Crippen LogP contribution in [-0.2, 0) is 6.54 Å². The third-order valence-electron chi connectivity index (χ3n) is 5.41. The summed E-state index contributed by atoms with van der Waals surface area (Å²) in [6.07, 6.45) is 6.41. The van der Waals surface area contributed by atoms with E-state index in [-0.39, 0.29) is 0 Å². The summed E-state index contributed by atoms with van der Waals surface area (Å²) in [6, 6.07) is 9.79. The van der Waals surface area contributed by atoms with Crippen molar-refractivity contribution in [2.24, 2.45) is 5.92 Å². The summed E-state index contributed by atoms with van der Waals surface area (Å²) in [6.45, 7) is 7.11. The van der Waals surface area contributed by atoms with Crippen LogP contribution in [-0.4, -0.2) is 42.3 Å². The second-order valence-corrected chi connectivity index (χ2v) is 7.12. The molecule has 22 heavy (non-hydrogen) atoms. The summed E-state index contributed by atoms with van der Waals surface area (Å²) in [5.74, 6) is 0.462. The highest BCUT2D eigenvalue weighted by Gasteiger charge is 2.24. The van der Waals surface area contributed by atoms with Crippen LogP contribution in [0.5, 0.6) is 0 Å². The lowest BCUT2D eigenvalue weighted by Crippen LogP contribution is -2.42. The van der Waals surface area contributed by atoms with E-state index in [2.05, 4.69) is 41.0 Å². The van der Waals surface area contributed by atoms with Crippen molar-refractivity contribution in [2.75, 3.05) is 31.1 Å². The number of likely N-dealkylation sites (tertiary alicyclic amines) is 1. The number of aliphatic hydroxyl groups excluding tert-OH is 1. The Labute approximate surface area is 134 Å². The van der Waals surface area contributed by atoms with E-state index in [0.717, 1.165) is 13.1 Å². The van der Waals surface area contributed by atoms with E-state index in [1.54, 1.807) is 0 Å². The predicted octanol–water partition coefficient (Wildman–Crippen LogP) is 3.27. The van der Waals surface area contributed by atoms with Gasteiger partial charge in [0.2, 0.25) is 0 Å². The number of nitrogens with zero attached hydrogens (tertiary/aromatic N) is 2. The van der Waals surface area contributed by atoms with E-state index in [0.29, 0.717) is 18.6 Å². The molecule has 0 saturated carbocycles. The Kier molecular flexibility index (Phi) is 5.37. The van der Waals surface area contributed by atoms with Crippen molar-refractivity contribution in [3.8, 4) is 0 Å². The van der Waals surface area contributed by atoms with E-state index >= 15 is 0 Å². The second kappa shape index (κ2) is 7.47. The Morgan fingerprint density at radius 2 is 1.77 bits per heavy atom. The zero-order valence-corrected chi connectivity index (χ0v) is 13.9. The Balaban J connectivity index is 1.60. The number of piperidine rings is 2. The van der Waals surface area contributed by atoms with Gasteiger partial charge in [-0.3, -0.25) is 4.90 Å². The molecule has 1 aromatic rings. The average Bonchev–Trinajstić information content (AvgIpc) is 2.58. The maximum Gasteiger partial charge on any atom is 0.0471 e. The van der Waals surface area contributed by atoms with E-state index in [9.17, 15) is 5.11 Å². The molecule has 2 fully saturated rings. The SMILES string of the molecule is CC1CCC(CO)CN1Cc1ccc(N2CCCCC2)cc1. The molecule has 1 aromatic carbocycles. The van der Waals surface area contributed by atoms with Gasteiger partial charge in [-0.2, -0.15) is 0 Å². The molecule has 0 aliphatic carbocycles. The number of hydrogen-bond donors (Lipinski definition) is 1. The molecule has 2 saturated heterocycles. The molecule has 1 N–H and O–H groups in total. The van der Waals surface area contributed by atoms with Crippen LogP contribution in [0.2, 0.25) is 0 Å². The Morgan fingerprint density at radius 3 is 2.45 bits per heavy atom. The molecule has 3 nitrogen and oxygen atoms in total. The van der Waals surface area contributed by atoms with Gasteiger partial charge < -0.3 is 10.0 Å². The molecule has 2 atom stereocenters. The normalized spacial score (nSPS) is 27.1. The molecular weight excluding hydrogens is 272 g/mol. The first-order chi connectivity index (χ1) is 10.8. The number of hydrogen-bond acceptors (Lipinski definition) is 3. The summed E-state index contributed by atoms with van der Waals surface area (Å²) in [5.41, 5.74) is 2.77. The minimum Gasteiger partial charge on any atom is -0.396 e. The van der Waals surface area contributed by atoms with Gasteiger partial charge in [0.1, 0.15) is 0 Å². The van der Waals surface area contributed by atoms with Gasteiger partial charge in [0.25, 0.3) is 0 Å². The molecule has 0 amide bonds. The van der Waals surface area contributed by atoms with Crippen molar-refractivity contribution in [1.82, 2.24) is 4.90 Å². The highest BCUT2D eigenvalue weighted by Crippen LogP contribution is 2.25. The topological polar surface area (TPSA) is 26.7 Å². The van der Waals surface area contributed by atoms with Crippen LogP contribution in [0, 0.1) is 5.92 Å². The van der Waals surface area contributed by atoms with Gasteiger partial charge in [-0.1, -0.05) is 12.1 Å². The highest BCUT2D eigenvalue weighted by molar-refractivity contribution is 5.47. The standard InChI is InChI=1S/C19H30N2O/c1-16-5-6-18(15-22)14-21(16)13-17-7-9-19(10-8-17)20-11-3-2-4-12-20/h7-10,16,18,22H,2-6,11-15H2,1H3. The van der Waals surface area contributed by atoms with Crippen LogP contribution in [0.4, 0.5) is 5.69 Å². The quantitative estimate of drug-likeness (QED) is 0.925. The fourth-order valence-corrected chi connectivity index (χ4v) is 3.83. The van der Waals surface area contributed by atoms with Crippen molar-refractivity contribution in [3.63, 3.8) is 0 Å². The summed E-state index contributed by atoms with van der Waals surface area (Å²) in [4.78, 5) is 5.04. The third kappa shape index (κ3) is 3.82. The molecule has 2 aliphatic rings. The van der Waals surface area contributed by atoms with Crippen LogP contribution in [0.25, 0.3) is 0 Å². The van der Waals surface area contributed by atoms with Crippen LogP contribution in [0.3, 0.4) is 0 Å². The summed E-state index contributed by atoms with van der Waals surface area (Å²) < 4.78 is 0. The summed E-state index contributed by atoms with van der Waals surface area (Å²) in [5, 5.41) is 9.41. The molecule has 122 valence electrons. The van der Waals surface area contributed by atoms with Crippen LogP contribution >= 0.6 is 0 Å². The lowest BCUT2D eigenvalue weighted by molar-refractivity contribution is 0.0771. The second-order valence-electron chi connectivity index (χ2n) is 7.12. The van der Waals surface area contributed by atoms with Crippen molar-refractivity contribution >= 4 is 5.69 Å². The maximum absolute atomic E-state index is 9.41. The van der Waals surface area contributed by atoms with E-state index in [1.807, 2.05) is 0 Å².